The smallest absolute Gasteiger partial charge is 0.320 e. The summed E-state index contributed by atoms with van der Waals surface area (Å²) < 4.78 is 1.99. The normalized spacial score (nSPS) is 16.8. The lowest BCUT2D eigenvalue weighted by atomic mass is 10.2. The number of rotatable bonds is 8. The molecule has 1 aromatic rings. The van der Waals surface area contributed by atoms with Crippen LogP contribution in [0.1, 0.15) is 51.3 Å². The van der Waals surface area contributed by atoms with E-state index in [4.69, 9.17) is 5.11 Å². The van der Waals surface area contributed by atoms with Gasteiger partial charge in [-0.3, -0.25) is 14.8 Å². The maximum Gasteiger partial charge on any atom is 0.320 e. The third kappa shape index (κ3) is 3.56. The molecule has 1 saturated carbocycles. The summed E-state index contributed by atoms with van der Waals surface area (Å²) in [6, 6.07) is 1.99. The zero-order valence-corrected chi connectivity index (χ0v) is 11.7. The Morgan fingerprint density at radius 2 is 2.21 bits per heavy atom. The van der Waals surface area contributed by atoms with Crippen molar-refractivity contribution in [3.05, 3.63) is 18.0 Å². The highest BCUT2D eigenvalue weighted by molar-refractivity contribution is 5.74. The van der Waals surface area contributed by atoms with Crippen LogP contribution in [0, 0.1) is 5.92 Å². The second-order valence-electron chi connectivity index (χ2n) is 5.29. The summed E-state index contributed by atoms with van der Waals surface area (Å²) in [7, 11) is 0. The number of hydrogen-bond acceptors (Lipinski definition) is 3. The molecular formula is C14H23N3O2. The van der Waals surface area contributed by atoms with Gasteiger partial charge >= 0.3 is 5.97 Å². The summed E-state index contributed by atoms with van der Waals surface area (Å²) in [4.78, 5) is 11.1. The first-order chi connectivity index (χ1) is 9.15. The van der Waals surface area contributed by atoms with Crippen LogP contribution in [0.4, 0.5) is 0 Å². The second-order valence-corrected chi connectivity index (χ2v) is 5.29. The van der Waals surface area contributed by atoms with Gasteiger partial charge in [0.2, 0.25) is 0 Å². The Balaban J connectivity index is 1.90. The SMILES string of the molecule is CCC(CC)n1ccc(CNC(C(=O)O)C2CC2)n1. The highest BCUT2D eigenvalue weighted by Crippen LogP contribution is 2.32. The molecule has 0 saturated heterocycles. The Bertz CT molecular complexity index is 422. The Labute approximate surface area is 114 Å². The maximum atomic E-state index is 11.1. The van der Waals surface area contributed by atoms with Crippen molar-refractivity contribution in [3.63, 3.8) is 0 Å². The van der Waals surface area contributed by atoms with Crippen LogP contribution in [0.2, 0.25) is 0 Å². The first-order valence-electron chi connectivity index (χ1n) is 7.15. The molecule has 2 rings (SSSR count). The summed E-state index contributed by atoms with van der Waals surface area (Å²) in [5.74, 6) is -0.444. The average Bonchev–Trinajstić information content (AvgIpc) is 3.11. The van der Waals surface area contributed by atoms with Crippen LogP contribution >= 0.6 is 0 Å². The van der Waals surface area contributed by atoms with Crippen LogP contribution in [0.15, 0.2) is 12.3 Å². The number of carboxylic acid groups (broad SMARTS) is 1. The summed E-state index contributed by atoms with van der Waals surface area (Å²) in [5.41, 5.74) is 0.916. The molecule has 0 amide bonds. The van der Waals surface area contributed by atoms with E-state index in [1.807, 2.05) is 16.9 Å². The van der Waals surface area contributed by atoms with Gasteiger partial charge in [-0.05, 0) is 37.7 Å². The molecule has 5 nitrogen and oxygen atoms in total. The van der Waals surface area contributed by atoms with Crippen molar-refractivity contribution < 1.29 is 9.90 Å². The minimum Gasteiger partial charge on any atom is -0.480 e. The third-order valence-electron chi connectivity index (χ3n) is 3.84. The van der Waals surface area contributed by atoms with E-state index in [2.05, 4.69) is 24.3 Å². The number of aromatic nitrogens is 2. The van der Waals surface area contributed by atoms with Crippen LogP contribution in [0.3, 0.4) is 0 Å². The monoisotopic (exact) mass is 265 g/mol. The van der Waals surface area contributed by atoms with E-state index >= 15 is 0 Å². The molecule has 2 N–H and O–H groups in total. The fraction of sp³-hybridized carbons (Fsp3) is 0.714. The molecule has 5 heteroatoms. The fourth-order valence-corrected chi connectivity index (χ4v) is 2.44. The van der Waals surface area contributed by atoms with Gasteiger partial charge in [-0.25, -0.2) is 0 Å². The van der Waals surface area contributed by atoms with Crippen molar-refractivity contribution in [1.29, 1.82) is 0 Å². The molecule has 0 radical (unpaired) electrons. The molecule has 0 spiro atoms. The summed E-state index contributed by atoms with van der Waals surface area (Å²) in [6.45, 7) is 4.84. The van der Waals surface area contributed by atoms with Crippen molar-refractivity contribution in [2.24, 2.45) is 5.92 Å². The lowest BCUT2D eigenvalue weighted by Crippen LogP contribution is -2.38. The quantitative estimate of drug-likeness (QED) is 0.756. The number of carboxylic acids is 1. The van der Waals surface area contributed by atoms with Crippen molar-refractivity contribution >= 4 is 5.97 Å². The largest absolute Gasteiger partial charge is 0.480 e. The van der Waals surface area contributed by atoms with Crippen LogP contribution in [-0.2, 0) is 11.3 Å². The van der Waals surface area contributed by atoms with Gasteiger partial charge in [0.15, 0.2) is 0 Å². The van der Waals surface area contributed by atoms with Crippen molar-refractivity contribution in [3.8, 4) is 0 Å². The Hall–Kier alpha value is -1.36. The van der Waals surface area contributed by atoms with Crippen LogP contribution in [0.25, 0.3) is 0 Å². The van der Waals surface area contributed by atoms with E-state index in [-0.39, 0.29) is 0 Å². The number of nitrogens with zero attached hydrogens (tertiary/aromatic N) is 2. The minimum atomic E-state index is -0.748. The zero-order chi connectivity index (χ0) is 13.8. The van der Waals surface area contributed by atoms with E-state index in [0.717, 1.165) is 31.4 Å². The van der Waals surface area contributed by atoms with Gasteiger partial charge in [0.05, 0.1) is 11.7 Å². The van der Waals surface area contributed by atoms with Gasteiger partial charge in [-0.1, -0.05) is 13.8 Å². The zero-order valence-electron chi connectivity index (χ0n) is 11.7. The van der Waals surface area contributed by atoms with E-state index in [0.29, 0.717) is 18.5 Å². The summed E-state index contributed by atoms with van der Waals surface area (Å²) >= 11 is 0. The van der Waals surface area contributed by atoms with E-state index in [1.165, 1.54) is 0 Å². The highest BCUT2D eigenvalue weighted by Gasteiger charge is 2.35. The van der Waals surface area contributed by atoms with Gasteiger partial charge in [0, 0.05) is 12.7 Å². The predicted octanol–water partition coefficient (Wildman–Crippen LogP) is 2.20. The van der Waals surface area contributed by atoms with Crippen LogP contribution in [0.5, 0.6) is 0 Å². The van der Waals surface area contributed by atoms with Gasteiger partial charge in [0.1, 0.15) is 6.04 Å². The standard InChI is InChI=1S/C14H23N3O2/c1-3-12(4-2)17-8-7-11(16-17)9-15-13(14(18)19)10-5-6-10/h7-8,10,12-13,15H,3-6,9H2,1-2H3,(H,18,19). The number of hydrogen-bond donors (Lipinski definition) is 2. The third-order valence-corrected chi connectivity index (χ3v) is 3.84. The molecule has 1 aliphatic rings. The number of aliphatic carboxylic acids is 1. The van der Waals surface area contributed by atoms with Crippen LogP contribution < -0.4 is 5.32 Å². The summed E-state index contributed by atoms with van der Waals surface area (Å²) in [5, 5.41) is 16.8. The lowest BCUT2D eigenvalue weighted by molar-refractivity contribution is -0.140. The van der Waals surface area contributed by atoms with Crippen LogP contribution in [-0.4, -0.2) is 26.9 Å². The topological polar surface area (TPSA) is 67.2 Å². The lowest BCUT2D eigenvalue weighted by Gasteiger charge is -2.13. The molecule has 19 heavy (non-hydrogen) atoms. The highest BCUT2D eigenvalue weighted by atomic mass is 16.4. The van der Waals surface area contributed by atoms with Gasteiger partial charge in [0.25, 0.3) is 0 Å². The van der Waals surface area contributed by atoms with Crippen molar-refractivity contribution in [2.45, 2.75) is 58.2 Å². The first-order valence-corrected chi connectivity index (χ1v) is 7.15. The number of nitrogens with one attached hydrogen (secondary N) is 1. The van der Waals surface area contributed by atoms with E-state index in [9.17, 15) is 4.79 Å². The maximum absolute atomic E-state index is 11.1. The van der Waals surface area contributed by atoms with Gasteiger partial charge < -0.3 is 5.11 Å². The molecule has 0 bridgehead atoms. The molecule has 1 atom stereocenters. The Morgan fingerprint density at radius 3 is 2.74 bits per heavy atom. The fourth-order valence-electron chi connectivity index (χ4n) is 2.44. The van der Waals surface area contributed by atoms with Crippen molar-refractivity contribution in [1.82, 2.24) is 15.1 Å². The predicted molar refractivity (Wildman–Crippen MR) is 72.8 cm³/mol. The van der Waals surface area contributed by atoms with Crippen molar-refractivity contribution in [2.75, 3.05) is 0 Å². The van der Waals surface area contributed by atoms with E-state index < -0.39 is 12.0 Å². The molecule has 0 aliphatic heterocycles. The minimum absolute atomic E-state index is 0.304. The van der Waals surface area contributed by atoms with E-state index in [1.54, 1.807) is 0 Å². The number of carbonyl (C=O) groups is 1. The molecule has 1 aliphatic carbocycles. The molecule has 1 unspecified atom stereocenters. The summed E-state index contributed by atoms with van der Waals surface area (Å²) in [6.07, 6.45) is 6.15. The molecule has 1 heterocycles. The second kappa shape index (κ2) is 6.19. The molecular weight excluding hydrogens is 242 g/mol. The first kappa shape index (κ1) is 14.1. The average molecular weight is 265 g/mol. The molecule has 0 aromatic carbocycles. The molecule has 1 fully saturated rings. The molecule has 106 valence electrons. The van der Waals surface area contributed by atoms with Gasteiger partial charge in [-0.15, -0.1) is 0 Å². The molecule has 1 aromatic heterocycles. The van der Waals surface area contributed by atoms with Gasteiger partial charge in [-0.2, -0.15) is 5.10 Å². The Kier molecular flexibility index (Phi) is 4.58. The Morgan fingerprint density at radius 1 is 1.53 bits per heavy atom.